The number of aromatic hydroxyl groups is 1. The lowest BCUT2D eigenvalue weighted by molar-refractivity contribution is 0.0515. The number of carbonyl (C=O) groups is 1. The molecule has 1 aromatic heterocycles. The third-order valence-electron chi connectivity index (χ3n) is 2.40. The molecule has 0 radical (unpaired) electrons. The number of phenols is 1. The van der Waals surface area contributed by atoms with Crippen LogP contribution in [0, 0.1) is 6.92 Å². The van der Waals surface area contributed by atoms with Crippen LogP contribution in [0.1, 0.15) is 23.1 Å². The third kappa shape index (κ3) is 2.17. The molecule has 94 valence electrons. The van der Waals surface area contributed by atoms with Crippen LogP contribution in [0.4, 0.5) is 0 Å². The van der Waals surface area contributed by atoms with Gasteiger partial charge in [0, 0.05) is 0 Å². The van der Waals surface area contributed by atoms with Gasteiger partial charge in [-0.05, 0) is 38.1 Å². The van der Waals surface area contributed by atoms with Gasteiger partial charge in [0.25, 0.3) is 0 Å². The van der Waals surface area contributed by atoms with Crippen molar-refractivity contribution in [3.8, 4) is 11.4 Å². The van der Waals surface area contributed by atoms with E-state index in [4.69, 9.17) is 4.74 Å². The van der Waals surface area contributed by atoms with Gasteiger partial charge in [-0.3, -0.25) is 0 Å². The summed E-state index contributed by atoms with van der Waals surface area (Å²) >= 11 is 0. The average molecular weight is 247 g/mol. The first-order chi connectivity index (χ1) is 8.63. The maximum atomic E-state index is 11.8. The summed E-state index contributed by atoms with van der Waals surface area (Å²) in [5, 5.41) is 17.0. The smallest absolute Gasteiger partial charge is 0.359 e. The van der Waals surface area contributed by atoms with E-state index in [1.165, 1.54) is 16.8 Å². The van der Waals surface area contributed by atoms with Gasteiger partial charge in [0.05, 0.1) is 18.0 Å². The topological polar surface area (TPSA) is 77.2 Å². The van der Waals surface area contributed by atoms with Crippen molar-refractivity contribution >= 4 is 5.97 Å². The highest BCUT2D eigenvalue weighted by atomic mass is 16.5. The first kappa shape index (κ1) is 12.1. The maximum absolute atomic E-state index is 11.8. The van der Waals surface area contributed by atoms with Gasteiger partial charge < -0.3 is 9.84 Å². The van der Waals surface area contributed by atoms with Crippen LogP contribution >= 0.6 is 0 Å². The van der Waals surface area contributed by atoms with Crippen LogP contribution in [-0.4, -0.2) is 32.7 Å². The van der Waals surface area contributed by atoms with Crippen LogP contribution in [0.2, 0.25) is 0 Å². The number of phenolic OH excluding ortho intramolecular Hbond substituents is 1. The number of carbonyl (C=O) groups excluding carboxylic acids is 1. The van der Waals surface area contributed by atoms with Crippen molar-refractivity contribution in [2.45, 2.75) is 13.8 Å². The quantitative estimate of drug-likeness (QED) is 0.831. The minimum absolute atomic E-state index is 0.147. The summed E-state index contributed by atoms with van der Waals surface area (Å²) in [4.78, 5) is 11.8. The molecule has 0 amide bonds. The zero-order valence-corrected chi connectivity index (χ0v) is 10.1. The summed E-state index contributed by atoms with van der Waals surface area (Å²) in [7, 11) is 0. The standard InChI is InChI=1S/C12H13N3O3/c1-3-18-12(17)11-8(2)13-14-15(11)9-4-6-10(16)7-5-9/h4-7,16H,3H2,1-2H3. The Labute approximate surface area is 104 Å². The van der Waals surface area contributed by atoms with E-state index in [9.17, 15) is 9.90 Å². The molecule has 6 nitrogen and oxygen atoms in total. The van der Waals surface area contributed by atoms with Crippen molar-refractivity contribution in [2.24, 2.45) is 0 Å². The molecule has 1 heterocycles. The molecule has 0 aliphatic heterocycles. The van der Waals surface area contributed by atoms with Gasteiger partial charge in [0.2, 0.25) is 0 Å². The van der Waals surface area contributed by atoms with Crippen LogP contribution in [-0.2, 0) is 4.74 Å². The van der Waals surface area contributed by atoms with E-state index in [1.807, 2.05) is 0 Å². The molecular weight excluding hydrogens is 234 g/mol. The van der Waals surface area contributed by atoms with E-state index >= 15 is 0 Å². The molecule has 1 N–H and O–H groups in total. The van der Waals surface area contributed by atoms with Gasteiger partial charge in [-0.2, -0.15) is 0 Å². The molecule has 6 heteroatoms. The third-order valence-corrected chi connectivity index (χ3v) is 2.40. The van der Waals surface area contributed by atoms with Crippen LogP contribution in [0.15, 0.2) is 24.3 Å². The lowest BCUT2D eigenvalue weighted by Crippen LogP contribution is -2.13. The van der Waals surface area contributed by atoms with Crippen molar-refractivity contribution in [3.63, 3.8) is 0 Å². The molecule has 0 unspecified atom stereocenters. The van der Waals surface area contributed by atoms with E-state index in [2.05, 4.69) is 10.3 Å². The second kappa shape index (κ2) is 4.87. The molecule has 0 atom stereocenters. The van der Waals surface area contributed by atoms with Gasteiger partial charge in [-0.1, -0.05) is 5.21 Å². The molecular formula is C12H13N3O3. The highest BCUT2D eigenvalue weighted by Gasteiger charge is 2.19. The Morgan fingerprint density at radius 3 is 2.67 bits per heavy atom. The average Bonchev–Trinajstić information content (AvgIpc) is 2.72. The Bertz CT molecular complexity index is 560. The van der Waals surface area contributed by atoms with Gasteiger partial charge in [-0.25, -0.2) is 9.48 Å². The van der Waals surface area contributed by atoms with Crippen molar-refractivity contribution in [2.75, 3.05) is 6.61 Å². The highest BCUT2D eigenvalue weighted by molar-refractivity contribution is 5.89. The largest absolute Gasteiger partial charge is 0.508 e. The fraction of sp³-hybridized carbons (Fsp3) is 0.250. The maximum Gasteiger partial charge on any atom is 0.359 e. The second-order valence-corrected chi connectivity index (χ2v) is 3.67. The minimum Gasteiger partial charge on any atom is -0.508 e. The predicted molar refractivity (Wildman–Crippen MR) is 63.7 cm³/mol. The lowest BCUT2D eigenvalue weighted by atomic mass is 10.3. The van der Waals surface area contributed by atoms with Gasteiger partial charge in [0.1, 0.15) is 5.75 Å². The van der Waals surface area contributed by atoms with Gasteiger partial charge in [0.15, 0.2) is 5.69 Å². The zero-order chi connectivity index (χ0) is 13.1. The van der Waals surface area contributed by atoms with E-state index in [0.29, 0.717) is 23.7 Å². The van der Waals surface area contributed by atoms with Crippen molar-refractivity contribution in [1.82, 2.24) is 15.0 Å². The van der Waals surface area contributed by atoms with Crippen LogP contribution in [0.25, 0.3) is 5.69 Å². The molecule has 0 bridgehead atoms. The first-order valence-corrected chi connectivity index (χ1v) is 5.52. The molecule has 2 aromatic rings. The van der Waals surface area contributed by atoms with E-state index < -0.39 is 5.97 Å². The van der Waals surface area contributed by atoms with E-state index in [1.54, 1.807) is 26.0 Å². The Morgan fingerprint density at radius 2 is 2.06 bits per heavy atom. The SMILES string of the molecule is CCOC(=O)c1c(C)nnn1-c1ccc(O)cc1. The summed E-state index contributed by atoms with van der Waals surface area (Å²) in [6.07, 6.45) is 0. The lowest BCUT2D eigenvalue weighted by Gasteiger charge is -2.06. The Morgan fingerprint density at radius 1 is 1.39 bits per heavy atom. The number of hydrogen-bond acceptors (Lipinski definition) is 5. The molecule has 1 aromatic carbocycles. The van der Waals surface area contributed by atoms with Crippen molar-refractivity contribution in [3.05, 3.63) is 35.7 Å². The Balaban J connectivity index is 2.45. The summed E-state index contributed by atoms with van der Waals surface area (Å²) in [5.41, 5.74) is 1.43. The van der Waals surface area contributed by atoms with Gasteiger partial charge in [-0.15, -0.1) is 5.10 Å². The van der Waals surface area contributed by atoms with Crippen molar-refractivity contribution in [1.29, 1.82) is 0 Å². The van der Waals surface area contributed by atoms with E-state index in [-0.39, 0.29) is 5.75 Å². The summed E-state index contributed by atoms with van der Waals surface area (Å²) in [5.74, 6) is -0.318. The number of aryl methyl sites for hydroxylation is 1. The zero-order valence-electron chi connectivity index (χ0n) is 10.1. The predicted octanol–water partition coefficient (Wildman–Crippen LogP) is 1.46. The fourth-order valence-electron chi connectivity index (χ4n) is 1.57. The first-order valence-electron chi connectivity index (χ1n) is 5.52. The van der Waals surface area contributed by atoms with Crippen LogP contribution in [0.3, 0.4) is 0 Å². The van der Waals surface area contributed by atoms with Gasteiger partial charge >= 0.3 is 5.97 Å². The monoisotopic (exact) mass is 247 g/mol. The molecule has 0 aliphatic rings. The molecule has 0 saturated carbocycles. The molecule has 0 fully saturated rings. The Kier molecular flexibility index (Phi) is 3.27. The number of ether oxygens (including phenoxy) is 1. The number of hydrogen-bond donors (Lipinski definition) is 1. The number of rotatable bonds is 3. The minimum atomic E-state index is -0.465. The Hall–Kier alpha value is -2.37. The summed E-state index contributed by atoms with van der Waals surface area (Å²) < 4.78 is 6.36. The summed E-state index contributed by atoms with van der Waals surface area (Å²) in [6.45, 7) is 3.72. The molecule has 18 heavy (non-hydrogen) atoms. The van der Waals surface area contributed by atoms with Crippen LogP contribution < -0.4 is 0 Å². The second-order valence-electron chi connectivity index (χ2n) is 3.67. The van der Waals surface area contributed by atoms with Crippen LogP contribution in [0.5, 0.6) is 5.75 Å². The molecule has 2 rings (SSSR count). The summed E-state index contributed by atoms with van der Waals surface area (Å²) in [6, 6.07) is 6.32. The number of benzene rings is 1. The van der Waals surface area contributed by atoms with Crippen molar-refractivity contribution < 1.29 is 14.6 Å². The number of esters is 1. The molecule has 0 saturated heterocycles. The normalized spacial score (nSPS) is 10.3. The highest BCUT2D eigenvalue weighted by Crippen LogP contribution is 2.16. The van der Waals surface area contributed by atoms with E-state index in [0.717, 1.165) is 0 Å². The number of aromatic nitrogens is 3. The number of nitrogens with zero attached hydrogens (tertiary/aromatic N) is 3. The molecule has 0 spiro atoms. The molecule has 0 aliphatic carbocycles. The fourth-order valence-corrected chi connectivity index (χ4v) is 1.57.